The molecule has 0 saturated carbocycles. The first kappa shape index (κ1) is 21.8. The molecule has 11 nitrogen and oxygen atoms in total. The van der Waals surface area contributed by atoms with Gasteiger partial charge >= 0.3 is 29.6 Å². The monoisotopic (exact) mass is 441 g/mol. The Labute approximate surface area is 193 Å². The third-order valence-electron chi connectivity index (χ3n) is 4.89. The maximum atomic E-state index is 11.5. The zero-order valence-corrected chi connectivity index (χ0v) is 18.9. The number of hydrogen-bond acceptors (Lipinski definition) is 10. The van der Waals surface area contributed by atoms with Crippen LogP contribution in [-0.4, -0.2) is 49.5 Å². The summed E-state index contributed by atoms with van der Waals surface area (Å²) in [6, 6.07) is 9.83. The van der Waals surface area contributed by atoms with Crippen molar-refractivity contribution < 1.29 is 57.9 Å². The van der Waals surface area contributed by atoms with E-state index in [1.165, 1.54) is 17.2 Å². The minimum atomic E-state index is -4.44. The smallest absolute Gasteiger partial charge is 0.756 e. The third kappa shape index (κ3) is 4.05. The average molecular weight is 441 g/mol. The number of ether oxygens (including phenoxy) is 1. The standard InChI is InChI=1S/C17H18N5O6P.Na/c23-13-14-11(7-26-29(24,25)28-14)27-17(13)22-9-21-12-15(19-8-20-16(12)22)18-6-10-4-2-1-3-5-10;/h1-5,8-9,11,13-14,17,23H,6-7H2,(H,24,25)(H,18,19,20);/q;+1/p-1/t11-,13-,14-,17-;/m1./s1. The predicted molar refractivity (Wildman–Crippen MR) is 97.4 cm³/mol. The van der Waals surface area contributed by atoms with Crippen molar-refractivity contribution in [3.05, 3.63) is 48.5 Å². The summed E-state index contributed by atoms with van der Waals surface area (Å²) in [6.07, 6.45) is -1.08. The molecular formula is C17H17N5NaO6P. The van der Waals surface area contributed by atoms with Crippen LogP contribution in [0, 0.1) is 0 Å². The maximum absolute atomic E-state index is 11.5. The van der Waals surface area contributed by atoms with Crippen molar-refractivity contribution in [3.8, 4) is 0 Å². The molecule has 1 unspecified atom stereocenters. The summed E-state index contributed by atoms with van der Waals surface area (Å²) in [7, 11) is -4.44. The van der Waals surface area contributed by atoms with Crippen molar-refractivity contribution in [1.82, 2.24) is 19.5 Å². The zero-order chi connectivity index (χ0) is 20.0. The van der Waals surface area contributed by atoms with Gasteiger partial charge in [-0.3, -0.25) is 9.13 Å². The Morgan fingerprint density at radius 2 is 2.07 bits per heavy atom. The van der Waals surface area contributed by atoms with Crippen molar-refractivity contribution >= 4 is 24.8 Å². The molecule has 0 amide bonds. The summed E-state index contributed by atoms with van der Waals surface area (Å²) < 4.78 is 28.4. The van der Waals surface area contributed by atoms with Crippen LogP contribution in [-0.2, 0) is 24.9 Å². The van der Waals surface area contributed by atoms with Gasteiger partial charge in [0.05, 0.1) is 12.9 Å². The maximum Gasteiger partial charge on any atom is 1.00 e. The minimum absolute atomic E-state index is 0. The molecule has 1 aromatic carbocycles. The second-order valence-electron chi connectivity index (χ2n) is 6.75. The fourth-order valence-corrected chi connectivity index (χ4v) is 4.46. The summed E-state index contributed by atoms with van der Waals surface area (Å²) in [4.78, 5) is 24.4. The summed E-state index contributed by atoms with van der Waals surface area (Å²) in [5, 5.41) is 13.8. The molecule has 3 aromatic rings. The molecule has 0 bridgehead atoms. The summed E-state index contributed by atoms with van der Waals surface area (Å²) in [5.41, 5.74) is 2.02. The van der Waals surface area contributed by atoms with Gasteiger partial charge in [-0.05, 0) is 5.56 Å². The van der Waals surface area contributed by atoms with Crippen molar-refractivity contribution in [3.63, 3.8) is 0 Å². The molecule has 5 rings (SSSR count). The van der Waals surface area contributed by atoms with Gasteiger partial charge in [0.1, 0.15) is 24.6 Å². The number of phosphoric acid groups is 1. The topological polar surface area (TPSA) is 144 Å². The Hall–Kier alpha value is -1.40. The van der Waals surface area contributed by atoms with Crippen LogP contribution in [0.5, 0.6) is 0 Å². The van der Waals surface area contributed by atoms with Crippen molar-refractivity contribution in [2.24, 2.45) is 0 Å². The molecule has 2 saturated heterocycles. The molecule has 0 spiro atoms. The largest absolute Gasteiger partial charge is 1.00 e. The number of aliphatic hydroxyl groups excluding tert-OH is 1. The molecular weight excluding hydrogens is 424 g/mol. The van der Waals surface area contributed by atoms with Gasteiger partial charge in [-0.1, -0.05) is 30.3 Å². The number of nitrogens with one attached hydrogen (secondary N) is 1. The van der Waals surface area contributed by atoms with Gasteiger partial charge in [0.25, 0.3) is 7.82 Å². The first-order valence-corrected chi connectivity index (χ1v) is 10.4. The Bertz CT molecular complexity index is 1080. The fraction of sp³-hybridized carbons (Fsp3) is 0.353. The van der Waals surface area contributed by atoms with Crippen LogP contribution < -0.4 is 39.8 Å². The molecule has 5 atom stereocenters. The van der Waals surface area contributed by atoms with Gasteiger partial charge in [-0.2, -0.15) is 0 Å². The zero-order valence-electron chi connectivity index (χ0n) is 16.0. The quantitative estimate of drug-likeness (QED) is 0.332. The molecule has 2 N–H and O–H groups in total. The first-order chi connectivity index (χ1) is 14.0. The van der Waals surface area contributed by atoms with E-state index in [0.29, 0.717) is 23.5 Å². The molecule has 2 fully saturated rings. The van der Waals surface area contributed by atoms with Gasteiger partial charge in [-0.25, -0.2) is 15.0 Å². The van der Waals surface area contributed by atoms with Crippen molar-refractivity contribution in [2.75, 3.05) is 11.9 Å². The van der Waals surface area contributed by atoms with E-state index in [9.17, 15) is 14.6 Å². The molecule has 2 aromatic heterocycles. The number of phosphoric ester groups is 1. The number of anilines is 1. The summed E-state index contributed by atoms with van der Waals surface area (Å²) >= 11 is 0. The Morgan fingerprint density at radius 1 is 1.27 bits per heavy atom. The van der Waals surface area contributed by atoms with Crippen LogP contribution >= 0.6 is 7.82 Å². The van der Waals surface area contributed by atoms with E-state index in [2.05, 4.69) is 24.8 Å². The summed E-state index contributed by atoms with van der Waals surface area (Å²) in [6.45, 7) is 0.334. The number of imidazole rings is 1. The predicted octanol–water partition coefficient (Wildman–Crippen LogP) is -2.42. The Morgan fingerprint density at radius 3 is 2.87 bits per heavy atom. The number of rotatable bonds is 4. The van der Waals surface area contributed by atoms with E-state index in [1.54, 1.807) is 0 Å². The van der Waals surface area contributed by atoms with E-state index >= 15 is 0 Å². The molecule has 152 valence electrons. The number of fused-ring (bicyclic) bond motifs is 2. The molecule has 30 heavy (non-hydrogen) atoms. The van der Waals surface area contributed by atoms with E-state index in [1.807, 2.05) is 30.3 Å². The van der Waals surface area contributed by atoms with Crippen molar-refractivity contribution in [1.29, 1.82) is 0 Å². The number of aliphatic hydroxyl groups is 1. The van der Waals surface area contributed by atoms with Crippen LogP contribution in [0.2, 0.25) is 0 Å². The fourth-order valence-electron chi connectivity index (χ4n) is 3.51. The van der Waals surface area contributed by atoms with Crippen LogP contribution in [0.4, 0.5) is 5.82 Å². The van der Waals surface area contributed by atoms with Gasteiger partial charge < -0.3 is 29.1 Å². The number of aromatic nitrogens is 4. The van der Waals surface area contributed by atoms with Gasteiger partial charge in [0, 0.05) is 6.54 Å². The first-order valence-electron chi connectivity index (χ1n) is 8.95. The molecule has 2 aliphatic rings. The van der Waals surface area contributed by atoms with Crippen molar-refractivity contribution in [2.45, 2.75) is 31.1 Å². The molecule has 2 aliphatic heterocycles. The van der Waals surface area contributed by atoms with Crippen LogP contribution in [0.3, 0.4) is 0 Å². The molecule has 13 heteroatoms. The second-order valence-corrected chi connectivity index (χ2v) is 8.12. The van der Waals surface area contributed by atoms with E-state index in [-0.39, 0.29) is 36.2 Å². The Balaban J connectivity index is 0.00000218. The van der Waals surface area contributed by atoms with E-state index in [4.69, 9.17) is 9.26 Å². The minimum Gasteiger partial charge on any atom is -0.756 e. The molecule has 0 radical (unpaired) electrons. The normalized spacial score (nSPS) is 30.6. The van der Waals surface area contributed by atoms with Gasteiger partial charge in [0.15, 0.2) is 23.2 Å². The average Bonchev–Trinajstić information content (AvgIpc) is 3.28. The second kappa shape index (κ2) is 8.62. The van der Waals surface area contributed by atoms with E-state index in [0.717, 1.165) is 5.56 Å². The number of benzene rings is 1. The van der Waals surface area contributed by atoms with Gasteiger partial charge in [0.2, 0.25) is 0 Å². The SMILES string of the molecule is O=P1([O-])OC[C@H]2O[C@@H](n3cnc4c(NCc5ccccc5)ncnc43)[C@H](O)[C@@H]2O1.[Na+]. The molecule has 0 aliphatic carbocycles. The third-order valence-corrected chi connectivity index (χ3v) is 5.86. The number of hydrogen-bond donors (Lipinski definition) is 2. The van der Waals surface area contributed by atoms with Crippen LogP contribution in [0.1, 0.15) is 11.8 Å². The van der Waals surface area contributed by atoms with E-state index < -0.39 is 32.4 Å². The number of nitrogens with zero attached hydrogens (tertiary/aromatic N) is 4. The molecule has 4 heterocycles. The Kier molecular flexibility index (Phi) is 6.27. The summed E-state index contributed by atoms with van der Waals surface area (Å²) in [5.74, 6) is 0.533. The van der Waals surface area contributed by atoms with Gasteiger partial charge in [-0.15, -0.1) is 0 Å². The van der Waals surface area contributed by atoms with Crippen LogP contribution in [0.15, 0.2) is 43.0 Å². The van der Waals surface area contributed by atoms with Crippen LogP contribution in [0.25, 0.3) is 11.2 Å².